The maximum Gasteiger partial charge on any atom is 0.272 e. The van der Waals surface area contributed by atoms with Gasteiger partial charge in [0.15, 0.2) is 0 Å². The molecular formula is C19H20N4O2. The summed E-state index contributed by atoms with van der Waals surface area (Å²) in [5.41, 5.74) is 2.78. The Morgan fingerprint density at radius 2 is 2.12 bits per heavy atom. The molecule has 3 aromatic rings. The maximum atomic E-state index is 13.0. The van der Waals surface area contributed by atoms with Crippen LogP contribution in [0.2, 0.25) is 0 Å². The molecule has 1 atom stereocenters. The highest BCUT2D eigenvalue weighted by Crippen LogP contribution is 2.31. The van der Waals surface area contributed by atoms with Crippen LogP contribution in [0.4, 0.5) is 0 Å². The monoisotopic (exact) mass is 336 g/mol. The van der Waals surface area contributed by atoms with Crippen LogP contribution >= 0.6 is 0 Å². The second-order valence-electron chi connectivity index (χ2n) is 6.23. The average Bonchev–Trinajstić information content (AvgIpc) is 3.30. The number of carbonyl (C=O) groups is 1. The highest BCUT2D eigenvalue weighted by molar-refractivity contribution is 5.94. The number of phenolic OH excluding ortho intramolecular Hbond substituents is 1. The summed E-state index contributed by atoms with van der Waals surface area (Å²) in [6, 6.07) is 12.8. The van der Waals surface area contributed by atoms with Crippen molar-refractivity contribution in [2.75, 3.05) is 6.54 Å². The number of aromatic hydroxyl groups is 1. The van der Waals surface area contributed by atoms with Crippen LogP contribution < -0.4 is 0 Å². The maximum absolute atomic E-state index is 13.0. The van der Waals surface area contributed by atoms with Crippen molar-refractivity contribution in [3.8, 4) is 17.0 Å². The fraction of sp³-hybridized carbons (Fsp3) is 0.263. The molecule has 0 aliphatic carbocycles. The Hall–Kier alpha value is -3.02. The molecule has 0 bridgehead atoms. The zero-order valence-electron chi connectivity index (χ0n) is 14.0. The van der Waals surface area contributed by atoms with Crippen molar-refractivity contribution >= 4 is 5.91 Å². The summed E-state index contributed by atoms with van der Waals surface area (Å²) < 4.78 is 2.21. The molecule has 1 aliphatic heterocycles. The third-order valence-electron chi connectivity index (χ3n) is 4.80. The minimum absolute atomic E-state index is 0.0616. The molecule has 3 heterocycles. The van der Waals surface area contributed by atoms with Gasteiger partial charge < -0.3 is 14.6 Å². The van der Waals surface area contributed by atoms with Crippen LogP contribution in [0.1, 0.15) is 35.6 Å². The molecule has 0 fully saturated rings. The van der Waals surface area contributed by atoms with Crippen molar-refractivity contribution in [3.63, 3.8) is 0 Å². The molecule has 1 amide bonds. The van der Waals surface area contributed by atoms with Crippen molar-refractivity contribution in [3.05, 3.63) is 60.0 Å². The first kappa shape index (κ1) is 15.5. The Morgan fingerprint density at radius 3 is 2.92 bits per heavy atom. The van der Waals surface area contributed by atoms with E-state index in [9.17, 15) is 9.90 Å². The molecule has 0 radical (unpaired) electrons. The summed E-state index contributed by atoms with van der Waals surface area (Å²) in [5.74, 6) is 0.0868. The van der Waals surface area contributed by atoms with Crippen LogP contribution in [0, 0.1) is 0 Å². The van der Waals surface area contributed by atoms with E-state index in [0.29, 0.717) is 23.5 Å². The quantitative estimate of drug-likeness (QED) is 0.771. The number of H-pyrrole nitrogens is 1. The molecule has 25 heavy (non-hydrogen) atoms. The van der Waals surface area contributed by atoms with Gasteiger partial charge in [-0.3, -0.25) is 9.89 Å². The Labute approximate surface area is 145 Å². The van der Waals surface area contributed by atoms with Crippen LogP contribution in [-0.4, -0.2) is 37.2 Å². The largest absolute Gasteiger partial charge is 0.507 e. The number of carbonyl (C=O) groups excluding carboxylic acids is 1. The highest BCUT2D eigenvalue weighted by atomic mass is 16.3. The van der Waals surface area contributed by atoms with Gasteiger partial charge in [-0.15, -0.1) is 0 Å². The van der Waals surface area contributed by atoms with E-state index in [2.05, 4.69) is 34.0 Å². The summed E-state index contributed by atoms with van der Waals surface area (Å²) in [5, 5.41) is 17.0. The van der Waals surface area contributed by atoms with Crippen LogP contribution in [-0.2, 0) is 6.54 Å². The number of benzene rings is 1. The Bertz CT molecular complexity index is 912. The predicted octanol–water partition coefficient (Wildman–Crippen LogP) is 3.19. The molecule has 2 N–H and O–H groups in total. The molecule has 0 saturated carbocycles. The van der Waals surface area contributed by atoms with Crippen LogP contribution in [0.25, 0.3) is 11.3 Å². The lowest BCUT2D eigenvalue weighted by molar-refractivity contribution is 0.0611. The fourth-order valence-electron chi connectivity index (χ4n) is 3.55. The van der Waals surface area contributed by atoms with Crippen molar-refractivity contribution in [1.82, 2.24) is 19.7 Å². The van der Waals surface area contributed by atoms with Crippen molar-refractivity contribution < 1.29 is 9.90 Å². The van der Waals surface area contributed by atoms with Gasteiger partial charge in [0.05, 0.1) is 11.7 Å². The van der Waals surface area contributed by atoms with E-state index in [0.717, 1.165) is 13.0 Å². The van der Waals surface area contributed by atoms with Gasteiger partial charge in [-0.2, -0.15) is 5.10 Å². The molecule has 4 rings (SSSR count). The number of hydrogen-bond acceptors (Lipinski definition) is 3. The SMILES string of the molecule is CC[C@@H]1c2cccn2CCN1C(=O)c1cc(-c2ccccc2O)n[nH]1. The van der Waals surface area contributed by atoms with Crippen LogP contribution in [0.3, 0.4) is 0 Å². The van der Waals surface area contributed by atoms with Gasteiger partial charge >= 0.3 is 0 Å². The first-order chi connectivity index (χ1) is 12.2. The Balaban J connectivity index is 1.63. The zero-order chi connectivity index (χ0) is 17.4. The fourth-order valence-corrected chi connectivity index (χ4v) is 3.55. The van der Waals surface area contributed by atoms with E-state index in [1.54, 1.807) is 24.3 Å². The first-order valence-electron chi connectivity index (χ1n) is 8.49. The van der Waals surface area contributed by atoms with E-state index in [-0.39, 0.29) is 17.7 Å². The third-order valence-corrected chi connectivity index (χ3v) is 4.80. The highest BCUT2D eigenvalue weighted by Gasteiger charge is 2.31. The number of aromatic nitrogens is 3. The summed E-state index contributed by atoms with van der Waals surface area (Å²) in [4.78, 5) is 14.9. The van der Waals surface area contributed by atoms with Gasteiger partial charge in [0.2, 0.25) is 0 Å². The molecule has 1 aromatic carbocycles. The van der Waals surface area contributed by atoms with Gasteiger partial charge in [0, 0.05) is 30.5 Å². The molecule has 6 heteroatoms. The molecule has 128 valence electrons. The predicted molar refractivity (Wildman–Crippen MR) is 94.2 cm³/mol. The van der Waals surface area contributed by atoms with Gasteiger partial charge in [-0.05, 0) is 36.8 Å². The minimum atomic E-state index is -0.0616. The number of nitrogens with zero attached hydrogens (tertiary/aromatic N) is 3. The number of amides is 1. The van der Waals surface area contributed by atoms with E-state index >= 15 is 0 Å². The smallest absolute Gasteiger partial charge is 0.272 e. The number of para-hydroxylation sites is 1. The van der Waals surface area contributed by atoms with Crippen LogP contribution in [0.15, 0.2) is 48.7 Å². The van der Waals surface area contributed by atoms with Gasteiger partial charge in [-0.25, -0.2) is 0 Å². The first-order valence-corrected chi connectivity index (χ1v) is 8.49. The second kappa shape index (κ2) is 6.12. The lowest BCUT2D eigenvalue weighted by Gasteiger charge is -2.36. The number of nitrogens with one attached hydrogen (secondary N) is 1. The summed E-state index contributed by atoms with van der Waals surface area (Å²) in [7, 11) is 0. The van der Waals surface area contributed by atoms with E-state index < -0.39 is 0 Å². The van der Waals surface area contributed by atoms with Crippen molar-refractivity contribution in [1.29, 1.82) is 0 Å². The lowest BCUT2D eigenvalue weighted by atomic mass is 10.1. The number of rotatable bonds is 3. The number of fused-ring (bicyclic) bond motifs is 1. The number of phenols is 1. The zero-order valence-corrected chi connectivity index (χ0v) is 14.0. The average molecular weight is 336 g/mol. The second-order valence-corrected chi connectivity index (χ2v) is 6.23. The summed E-state index contributed by atoms with van der Waals surface area (Å²) >= 11 is 0. The van der Waals surface area contributed by atoms with Gasteiger partial charge in [0.1, 0.15) is 11.4 Å². The molecule has 0 unspecified atom stereocenters. The Morgan fingerprint density at radius 1 is 1.28 bits per heavy atom. The summed E-state index contributed by atoms with van der Waals surface area (Å²) in [6.07, 6.45) is 2.92. The molecule has 6 nitrogen and oxygen atoms in total. The topological polar surface area (TPSA) is 74.2 Å². The molecule has 2 aromatic heterocycles. The lowest BCUT2D eigenvalue weighted by Crippen LogP contribution is -2.41. The molecule has 0 spiro atoms. The Kier molecular flexibility index (Phi) is 3.80. The van der Waals surface area contributed by atoms with Gasteiger partial charge in [0.25, 0.3) is 5.91 Å². The minimum Gasteiger partial charge on any atom is -0.507 e. The number of aromatic amines is 1. The van der Waals surface area contributed by atoms with Gasteiger partial charge in [-0.1, -0.05) is 19.1 Å². The molecule has 0 saturated heterocycles. The van der Waals surface area contributed by atoms with E-state index in [1.165, 1.54) is 5.69 Å². The molecule has 1 aliphatic rings. The third kappa shape index (κ3) is 2.59. The van der Waals surface area contributed by atoms with E-state index in [1.807, 2.05) is 17.0 Å². The van der Waals surface area contributed by atoms with Crippen LogP contribution in [0.5, 0.6) is 5.75 Å². The van der Waals surface area contributed by atoms with E-state index in [4.69, 9.17) is 0 Å². The van der Waals surface area contributed by atoms with Crippen molar-refractivity contribution in [2.45, 2.75) is 25.9 Å². The van der Waals surface area contributed by atoms with Crippen molar-refractivity contribution in [2.24, 2.45) is 0 Å². The number of hydrogen-bond donors (Lipinski definition) is 2. The standard InChI is InChI=1S/C19H20N4O2/c1-2-16-17-7-5-9-22(17)10-11-23(16)19(25)15-12-14(20-21-15)13-6-3-4-8-18(13)24/h3-9,12,16,24H,2,10-11H2,1H3,(H,20,21)/t16-/m1/s1. The normalized spacial score (nSPS) is 16.7. The summed E-state index contributed by atoms with van der Waals surface area (Å²) in [6.45, 7) is 3.56. The molecular weight excluding hydrogens is 316 g/mol.